The van der Waals surface area contributed by atoms with Crippen LogP contribution in [0.2, 0.25) is 0 Å². The predicted octanol–water partition coefficient (Wildman–Crippen LogP) is 0.234. The Bertz CT molecular complexity index is 270. The smallest absolute Gasteiger partial charge is 0.323 e. The van der Waals surface area contributed by atoms with Gasteiger partial charge in [0.15, 0.2) is 0 Å². The third-order valence-corrected chi connectivity index (χ3v) is 2.56. The number of carbonyl (C=O) groups is 2. The van der Waals surface area contributed by atoms with Crippen LogP contribution in [0.3, 0.4) is 0 Å². The van der Waals surface area contributed by atoms with E-state index in [2.05, 4.69) is 0 Å². The molecule has 1 saturated heterocycles. The first-order valence-corrected chi connectivity index (χ1v) is 5.38. The summed E-state index contributed by atoms with van der Waals surface area (Å²) >= 11 is 0. The number of nitrogens with zero attached hydrogens (tertiary/aromatic N) is 2. The molecule has 6 nitrogen and oxygen atoms in total. The van der Waals surface area contributed by atoms with Crippen molar-refractivity contribution >= 4 is 12.0 Å². The molecule has 1 fully saturated rings. The molecule has 2 amide bonds. The van der Waals surface area contributed by atoms with Crippen molar-refractivity contribution in [2.24, 2.45) is 0 Å². The van der Waals surface area contributed by atoms with Gasteiger partial charge in [-0.25, -0.2) is 4.79 Å². The molecule has 0 saturated carbocycles. The lowest BCUT2D eigenvalue weighted by Crippen LogP contribution is -2.50. The molecule has 1 atom stereocenters. The number of likely N-dealkylation sites (N-methyl/N-ethyl adjacent to an activating group) is 1. The van der Waals surface area contributed by atoms with Crippen molar-refractivity contribution in [2.45, 2.75) is 19.4 Å². The topological polar surface area (TPSA) is 70.1 Å². The number of carboxylic acids is 1. The standard InChI is InChI=1S/C10H18N2O4/c1-3-8-6-12(4-5-16-8)10(15)11(2)7-9(13)14/h8H,3-7H2,1-2H3,(H,13,14). The molecule has 1 heterocycles. The lowest BCUT2D eigenvalue weighted by atomic mass is 10.2. The third-order valence-electron chi connectivity index (χ3n) is 2.56. The quantitative estimate of drug-likeness (QED) is 0.753. The van der Waals surface area contributed by atoms with Crippen LogP contribution in [-0.4, -0.2) is 66.3 Å². The van der Waals surface area contributed by atoms with Gasteiger partial charge in [-0.3, -0.25) is 4.79 Å². The van der Waals surface area contributed by atoms with Crippen LogP contribution in [0, 0.1) is 0 Å². The first-order valence-electron chi connectivity index (χ1n) is 5.38. The van der Waals surface area contributed by atoms with E-state index in [1.165, 1.54) is 11.9 Å². The molecule has 0 aromatic heterocycles. The van der Waals surface area contributed by atoms with E-state index in [1.54, 1.807) is 4.90 Å². The Kier molecular flexibility index (Phi) is 4.54. The summed E-state index contributed by atoms with van der Waals surface area (Å²) in [6.45, 7) is 3.32. The number of aliphatic carboxylic acids is 1. The summed E-state index contributed by atoms with van der Waals surface area (Å²) in [5.41, 5.74) is 0. The normalized spacial score (nSPS) is 20.6. The van der Waals surface area contributed by atoms with Crippen molar-refractivity contribution < 1.29 is 19.4 Å². The minimum absolute atomic E-state index is 0.0657. The summed E-state index contributed by atoms with van der Waals surface area (Å²) in [7, 11) is 1.49. The number of rotatable bonds is 3. The van der Waals surface area contributed by atoms with Gasteiger partial charge in [-0.15, -0.1) is 0 Å². The maximum absolute atomic E-state index is 11.8. The Labute approximate surface area is 94.8 Å². The van der Waals surface area contributed by atoms with Crippen molar-refractivity contribution in [1.82, 2.24) is 9.80 Å². The molecule has 0 bridgehead atoms. The maximum Gasteiger partial charge on any atom is 0.323 e. The molecule has 0 spiro atoms. The number of carboxylic acid groups (broad SMARTS) is 1. The minimum atomic E-state index is -1.00. The van der Waals surface area contributed by atoms with E-state index in [9.17, 15) is 9.59 Å². The van der Waals surface area contributed by atoms with Gasteiger partial charge in [0, 0.05) is 20.1 Å². The summed E-state index contributed by atoms with van der Waals surface area (Å²) in [5, 5.41) is 8.59. The van der Waals surface area contributed by atoms with Crippen molar-refractivity contribution in [3.8, 4) is 0 Å². The summed E-state index contributed by atoms with van der Waals surface area (Å²) in [6, 6.07) is -0.246. The number of ether oxygens (including phenoxy) is 1. The molecule has 6 heteroatoms. The van der Waals surface area contributed by atoms with E-state index in [0.29, 0.717) is 19.7 Å². The fourth-order valence-corrected chi connectivity index (χ4v) is 1.65. The van der Waals surface area contributed by atoms with Crippen LogP contribution in [0.25, 0.3) is 0 Å². The van der Waals surface area contributed by atoms with Crippen molar-refractivity contribution in [1.29, 1.82) is 0 Å². The van der Waals surface area contributed by atoms with E-state index in [-0.39, 0.29) is 18.7 Å². The van der Waals surface area contributed by atoms with Gasteiger partial charge in [-0.05, 0) is 6.42 Å². The Morgan fingerprint density at radius 2 is 2.25 bits per heavy atom. The molecular formula is C10H18N2O4. The highest BCUT2D eigenvalue weighted by Gasteiger charge is 2.25. The monoisotopic (exact) mass is 230 g/mol. The van der Waals surface area contributed by atoms with Gasteiger partial charge in [0.1, 0.15) is 6.54 Å². The summed E-state index contributed by atoms with van der Waals surface area (Å²) in [6.07, 6.45) is 0.919. The molecule has 0 aromatic rings. The number of urea groups is 1. The molecule has 1 unspecified atom stereocenters. The Morgan fingerprint density at radius 3 is 2.81 bits per heavy atom. The number of carbonyl (C=O) groups excluding carboxylic acids is 1. The van der Waals surface area contributed by atoms with Crippen molar-refractivity contribution in [3.63, 3.8) is 0 Å². The molecule has 1 aliphatic rings. The lowest BCUT2D eigenvalue weighted by Gasteiger charge is -2.34. The van der Waals surface area contributed by atoms with Gasteiger partial charge in [0.25, 0.3) is 0 Å². The van der Waals surface area contributed by atoms with Crippen molar-refractivity contribution in [2.75, 3.05) is 33.3 Å². The number of amides is 2. The van der Waals surface area contributed by atoms with E-state index < -0.39 is 5.97 Å². The number of hydrogen-bond donors (Lipinski definition) is 1. The predicted molar refractivity (Wildman–Crippen MR) is 57.3 cm³/mol. The zero-order valence-electron chi connectivity index (χ0n) is 9.68. The van der Waals surface area contributed by atoms with Gasteiger partial charge in [-0.1, -0.05) is 6.92 Å². The van der Waals surface area contributed by atoms with Crippen LogP contribution >= 0.6 is 0 Å². The van der Waals surface area contributed by atoms with Gasteiger partial charge in [-0.2, -0.15) is 0 Å². The SMILES string of the molecule is CCC1CN(C(=O)N(C)CC(=O)O)CCO1. The highest BCUT2D eigenvalue weighted by Crippen LogP contribution is 2.09. The Hall–Kier alpha value is -1.30. The van der Waals surface area contributed by atoms with Gasteiger partial charge in [0.2, 0.25) is 0 Å². The van der Waals surface area contributed by atoms with Crippen molar-refractivity contribution in [3.05, 3.63) is 0 Å². The van der Waals surface area contributed by atoms with Gasteiger partial charge < -0.3 is 19.6 Å². The van der Waals surface area contributed by atoms with E-state index in [1.807, 2.05) is 6.92 Å². The number of hydrogen-bond acceptors (Lipinski definition) is 3. The maximum atomic E-state index is 11.8. The Morgan fingerprint density at radius 1 is 1.56 bits per heavy atom. The first kappa shape index (κ1) is 12.8. The minimum Gasteiger partial charge on any atom is -0.480 e. The summed E-state index contributed by atoms with van der Waals surface area (Å²) in [5.74, 6) is -1.00. The molecule has 1 rings (SSSR count). The second-order valence-electron chi connectivity index (χ2n) is 3.88. The highest BCUT2D eigenvalue weighted by atomic mass is 16.5. The third kappa shape index (κ3) is 3.37. The molecule has 1 N–H and O–H groups in total. The second-order valence-corrected chi connectivity index (χ2v) is 3.88. The highest BCUT2D eigenvalue weighted by molar-refractivity contribution is 5.80. The molecule has 1 aliphatic heterocycles. The van der Waals surface area contributed by atoms with Crippen LogP contribution in [0.4, 0.5) is 4.79 Å². The zero-order valence-corrected chi connectivity index (χ0v) is 9.68. The van der Waals surface area contributed by atoms with Gasteiger partial charge >= 0.3 is 12.0 Å². The lowest BCUT2D eigenvalue weighted by molar-refractivity contribution is -0.137. The molecule has 0 radical (unpaired) electrons. The zero-order chi connectivity index (χ0) is 12.1. The summed E-state index contributed by atoms with van der Waals surface area (Å²) < 4.78 is 5.44. The van der Waals surface area contributed by atoms with Crippen LogP contribution < -0.4 is 0 Å². The fourth-order valence-electron chi connectivity index (χ4n) is 1.65. The van der Waals surface area contributed by atoms with Gasteiger partial charge in [0.05, 0.1) is 12.7 Å². The van der Waals surface area contributed by atoms with E-state index >= 15 is 0 Å². The molecule has 0 aliphatic carbocycles. The molecular weight excluding hydrogens is 212 g/mol. The molecule has 92 valence electrons. The van der Waals surface area contributed by atoms with E-state index in [0.717, 1.165) is 6.42 Å². The first-order chi connectivity index (χ1) is 7.54. The largest absolute Gasteiger partial charge is 0.480 e. The van der Waals surface area contributed by atoms with Crippen LogP contribution in [0.5, 0.6) is 0 Å². The Balaban J connectivity index is 2.49. The fraction of sp³-hybridized carbons (Fsp3) is 0.800. The molecule has 16 heavy (non-hydrogen) atoms. The summed E-state index contributed by atoms with van der Waals surface area (Å²) in [4.78, 5) is 25.2. The number of morpholine rings is 1. The van der Waals surface area contributed by atoms with Crippen LogP contribution in [-0.2, 0) is 9.53 Å². The van der Waals surface area contributed by atoms with E-state index in [4.69, 9.17) is 9.84 Å². The molecule has 0 aromatic carbocycles. The second kappa shape index (κ2) is 5.69. The van der Waals surface area contributed by atoms with Crippen LogP contribution in [0.1, 0.15) is 13.3 Å². The average molecular weight is 230 g/mol. The van der Waals surface area contributed by atoms with Crippen LogP contribution in [0.15, 0.2) is 0 Å². The average Bonchev–Trinajstić information content (AvgIpc) is 2.27.